The Morgan fingerprint density at radius 1 is 1.15 bits per heavy atom. The number of aliphatic hydroxyl groups is 1. The second-order valence-electron chi connectivity index (χ2n) is 8.88. The number of aliphatic hydroxyl groups excluding tert-OH is 1. The average Bonchev–Trinajstić information content (AvgIpc) is 3.50. The lowest BCUT2D eigenvalue weighted by atomic mass is 9.79. The molecule has 2 fully saturated rings. The summed E-state index contributed by atoms with van der Waals surface area (Å²) >= 11 is 0. The van der Waals surface area contributed by atoms with Gasteiger partial charge in [0.25, 0.3) is 0 Å². The van der Waals surface area contributed by atoms with Crippen LogP contribution in [-0.2, 0) is 14.3 Å². The van der Waals surface area contributed by atoms with Gasteiger partial charge in [0.2, 0.25) is 5.91 Å². The van der Waals surface area contributed by atoms with Gasteiger partial charge >= 0.3 is 5.97 Å². The van der Waals surface area contributed by atoms with Crippen LogP contribution < -0.4 is 0 Å². The zero-order valence-corrected chi connectivity index (χ0v) is 18.4. The van der Waals surface area contributed by atoms with Gasteiger partial charge in [0.05, 0.1) is 22.4 Å². The summed E-state index contributed by atoms with van der Waals surface area (Å²) in [5.41, 5.74) is 1.31. The van der Waals surface area contributed by atoms with Gasteiger partial charge in [-0.05, 0) is 68.3 Å². The summed E-state index contributed by atoms with van der Waals surface area (Å²) < 4.78 is 6.50. The summed E-state index contributed by atoms with van der Waals surface area (Å²) in [6.45, 7) is 4.44. The van der Waals surface area contributed by atoms with Crippen LogP contribution in [0.25, 0.3) is 5.82 Å². The zero-order valence-electron chi connectivity index (χ0n) is 18.4. The molecule has 1 N–H and O–H groups in total. The maximum Gasteiger partial charge on any atom is 0.336 e. The van der Waals surface area contributed by atoms with Gasteiger partial charge in [-0.15, -0.1) is 10.2 Å². The molecule has 5 rings (SSSR count). The first-order valence-electron chi connectivity index (χ1n) is 11.1. The Morgan fingerprint density at radius 3 is 2.70 bits per heavy atom. The monoisotopic (exact) mass is 454 g/mol. The first-order valence-corrected chi connectivity index (χ1v) is 11.1. The van der Waals surface area contributed by atoms with E-state index in [-0.39, 0.29) is 18.5 Å². The molecule has 5 heterocycles. The topological polar surface area (TPSA) is 139 Å². The van der Waals surface area contributed by atoms with Gasteiger partial charge in [0.15, 0.2) is 5.82 Å². The molecular formula is C21H26N8O4. The number of nitrogens with zero attached hydrogens (tertiary/aromatic N) is 8. The Labute approximate surface area is 190 Å². The Bertz CT molecular complexity index is 1070. The molecule has 0 bridgehead atoms. The second kappa shape index (κ2) is 8.60. The number of β-amino-alcohol motifs (C(OH)–C–C–N with tert-alkyl or cyclic N) is 1. The molecule has 174 valence electrons. The Balaban J connectivity index is 1.21. The molecule has 2 saturated heterocycles. The summed E-state index contributed by atoms with van der Waals surface area (Å²) in [5, 5.41) is 29.8. The number of hydrogen-bond acceptors (Lipinski definition) is 10. The number of amides is 1. The highest BCUT2D eigenvalue weighted by Crippen LogP contribution is 2.43. The fourth-order valence-corrected chi connectivity index (χ4v) is 4.96. The standard InChI is InChI=1S/C21H26N8O4/c1-14-16(12-33-19(14)31)28-10-7-21(20(28)32)5-2-8-27(9-6-21)11-17(30)15-3-4-18(24-23-15)29-13-22-25-26-29/h3-4,13,17,30H,2,5-12H2,1H3. The molecule has 2 aromatic heterocycles. The van der Waals surface area contributed by atoms with Gasteiger partial charge in [-0.1, -0.05) is 0 Å². The largest absolute Gasteiger partial charge is 0.456 e. The van der Waals surface area contributed by atoms with Crippen molar-refractivity contribution in [3.8, 4) is 5.82 Å². The van der Waals surface area contributed by atoms with Crippen LogP contribution in [0.4, 0.5) is 0 Å². The number of hydrogen-bond donors (Lipinski definition) is 1. The maximum absolute atomic E-state index is 13.4. The SMILES string of the molecule is CC1=C(N2CCC3(CCCN(CC(O)c4ccc(-n5cnnn5)nn4)CC3)C2=O)COC1=O. The van der Waals surface area contributed by atoms with Crippen molar-refractivity contribution < 1.29 is 19.4 Å². The van der Waals surface area contributed by atoms with E-state index in [2.05, 4.69) is 30.6 Å². The number of likely N-dealkylation sites (tertiary alicyclic amines) is 2. The molecule has 12 heteroatoms. The molecule has 3 aliphatic rings. The quantitative estimate of drug-likeness (QED) is 0.615. The number of carbonyl (C=O) groups is 2. The van der Waals surface area contributed by atoms with Crippen LogP contribution in [-0.4, -0.2) is 90.0 Å². The molecule has 2 atom stereocenters. The summed E-state index contributed by atoms with van der Waals surface area (Å²) in [7, 11) is 0. The number of carbonyl (C=O) groups excluding carboxylic acids is 2. The smallest absolute Gasteiger partial charge is 0.336 e. The van der Waals surface area contributed by atoms with Crippen LogP contribution in [0, 0.1) is 5.41 Å². The van der Waals surface area contributed by atoms with E-state index in [0.29, 0.717) is 42.4 Å². The number of aromatic nitrogens is 6. The van der Waals surface area contributed by atoms with E-state index in [1.165, 1.54) is 11.0 Å². The highest BCUT2D eigenvalue weighted by atomic mass is 16.5. The molecule has 0 saturated carbocycles. The molecule has 0 radical (unpaired) electrons. The van der Waals surface area contributed by atoms with E-state index in [1.807, 2.05) is 0 Å². The number of cyclic esters (lactones) is 1. The predicted molar refractivity (Wildman–Crippen MR) is 112 cm³/mol. The van der Waals surface area contributed by atoms with Crippen LogP contribution in [0.3, 0.4) is 0 Å². The van der Waals surface area contributed by atoms with Gasteiger partial charge < -0.3 is 19.6 Å². The molecule has 33 heavy (non-hydrogen) atoms. The lowest BCUT2D eigenvalue weighted by Gasteiger charge is -2.27. The van der Waals surface area contributed by atoms with Gasteiger partial charge in [0.1, 0.15) is 19.0 Å². The summed E-state index contributed by atoms with van der Waals surface area (Å²) in [4.78, 5) is 29.1. The number of ether oxygens (including phenoxy) is 1. The van der Waals surface area contributed by atoms with Crippen molar-refractivity contribution in [2.75, 3.05) is 32.8 Å². The lowest BCUT2D eigenvalue weighted by molar-refractivity contribution is -0.137. The van der Waals surface area contributed by atoms with Crippen LogP contribution in [0.5, 0.6) is 0 Å². The molecule has 2 aromatic rings. The van der Waals surface area contributed by atoms with Crippen molar-refractivity contribution in [3.05, 3.63) is 35.4 Å². The van der Waals surface area contributed by atoms with Crippen molar-refractivity contribution in [2.24, 2.45) is 5.41 Å². The minimum Gasteiger partial charge on any atom is -0.456 e. The van der Waals surface area contributed by atoms with Crippen LogP contribution in [0.1, 0.15) is 44.4 Å². The number of rotatable bonds is 5. The lowest BCUT2D eigenvalue weighted by Crippen LogP contribution is -2.36. The van der Waals surface area contributed by atoms with Crippen molar-refractivity contribution in [2.45, 2.75) is 38.7 Å². The van der Waals surface area contributed by atoms with Crippen molar-refractivity contribution in [3.63, 3.8) is 0 Å². The van der Waals surface area contributed by atoms with E-state index in [4.69, 9.17) is 4.74 Å². The number of esters is 1. The van der Waals surface area contributed by atoms with Crippen molar-refractivity contribution >= 4 is 11.9 Å². The third-order valence-electron chi connectivity index (χ3n) is 6.98. The predicted octanol–water partition coefficient (Wildman–Crippen LogP) is 0.0211. The van der Waals surface area contributed by atoms with E-state index in [0.717, 1.165) is 32.2 Å². The van der Waals surface area contributed by atoms with Crippen molar-refractivity contribution in [1.29, 1.82) is 0 Å². The summed E-state index contributed by atoms with van der Waals surface area (Å²) in [6.07, 6.45) is 3.80. The number of tetrazole rings is 1. The van der Waals surface area contributed by atoms with E-state index >= 15 is 0 Å². The third kappa shape index (κ3) is 4.00. The third-order valence-corrected chi connectivity index (χ3v) is 6.98. The Morgan fingerprint density at radius 2 is 2.00 bits per heavy atom. The highest BCUT2D eigenvalue weighted by Gasteiger charge is 2.49. The molecule has 2 unspecified atom stereocenters. The first-order chi connectivity index (χ1) is 16.0. The molecule has 1 amide bonds. The van der Waals surface area contributed by atoms with Gasteiger partial charge in [0, 0.05) is 13.1 Å². The maximum atomic E-state index is 13.4. The minimum atomic E-state index is -0.792. The molecular weight excluding hydrogens is 428 g/mol. The van der Waals surface area contributed by atoms with Crippen LogP contribution >= 0.6 is 0 Å². The molecule has 0 aromatic carbocycles. The fourth-order valence-electron chi connectivity index (χ4n) is 4.96. The normalized spacial score (nSPS) is 25.1. The van der Waals surface area contributed by atoms with E-state index in [9.17, 15) is 14.7 Å². The second-order valence-corrected chi connectivity index (χ2v) is 8.88. The van der Waals surface area contributed by atoms with E-state index < -0.39 is 11.5 Å². The molecule has 1 spiro atoms. The Kier molecular flexibility index (Phi) is 5.62. The minimum absolute atomic E-state index is 0.0987. The average molecular weight is 454 g/mol. The molecule has 0 aliphatic carbocycles. The van der Waals surface area contributed by atoms with Crippen LogP contribution in [0.15, 0.2) is 29.7 Å². The summed E-state index contributed by atoms with van der Waals surface area (Å²) in [5.74, 6) is 0.229. The van der Waals surface area contributed by atoms with Gasteiger partial charge in [-0.2, -0.15) is 9.78 Å². The summed E-state index contributed by atoms with van der Waals surface area (Å²) in [6, 6.07) is 3.42. The molecule has 3 aliphatic heterocycles. The van der Waals surface area contributed by atoms with Gasteiger partial charge in [-0.25, -0.2) is 4.79 Å². The fraction of sp³-hybridized carbons (Fsp3) is 0.571. The van der Waals surface area contributed by atoms with Crippen LogP contribution in [0.2, 0.25) is 0 Å². The first kappa shape index (κ1) is 21.6. The molecule has 12 nitrogen and oxygen atoms in total. The van der Waals surface area contributed by atoms with Crippen molar-refractivity contribution in [1.82, 2.24) is 40.2 Å². The van der Waals surface area contributed by atoms with Gasteiger partial charge in [-0.3, -0.25) is 4.79 Å². The highest BCUT2D eigenvalue weighted by molar-refractivity contribution is 5.94. The zero-order chi connectivity index (χ0) is 23.0. The van der Waals surface area contributed by atoms with E-state index in [1.54, 1.807) is 24.0 Å². The Hall–Kier alpha value is -3.25.